The SMILES string of the molecule is CSc1ccc(S(=O)(=O)N2CCC(C(=O)NCC3=CCCCC3)CC2)cc1. The van der Waals surface area contributed by atoms with Crippen molar-refractivity contribution in [1.82, 2.24) is 9.62 Å². The molecule has 1 fully saturated rings. The second-order valence-electron chi connectivity index (χ2n) is 7.18. The van der Waals surface area contributed by atoms with Crippen molar-refractivity contribution < 1.29 is 13.2 Å². The minimum absolute atomic E-state index is 0.0582. The second-order valence-corrected chi connectivity index (χ2v) is 10.00. The van der Waals surface area contributed by atoms with Crippen molar-refractivity contribution in [3.63, 3.8) is 0 Å². The molecular formula is C20H28N2O3S2. The van der Waals surface area contributed by atoms with Crippen LogP contribution in [0.4, 0.5) is 0 Å². The highest BCUT2D eigenvalue weighted by molar-refractivity contribution is 7.98. The van der Waals surface area contributed by atoms with Crippen LogP contribution in [0.25, 0.3) is 0 Å². The molecule has 3 rings (SSSR count). The van der Waals surface area contributed by atoms with Gasteiger partial charge in [0.05, 0.1) is 4.90 Å². The Morgan fingerprint density at radius 1 is 1.19 bits per heavy atom. The molecule has 1 amide bonds. The van der Waals surface area contributed by atoms with Crippen molar-refractivity contribution in [2.45, 2.75) is 48.3 Å². The fourth-order valence-corrected chi connectivity index (χ4v) is 5.54. The van der Waals surface area contributed by atoms with Gasteiger partial charge < -0.3 is 5.32 Å². The first-order valence-electron chi connectivity index (χ1n) is 9.60. The van der Waals surface area contributed by atoms with Gasteiger partial charge in [0, 0.05) is 30.4 Å². The molecular weight excluding hydrogens is 380 g/mol. The number of carbonyl (C=O) groups is 1. The Bertz CT molecular complexity index is 780. The minimum Gasteiger partial charge on any atom is -0.352 e. The molecule has 0 aromatic heterocycles. The van der Waals surface area contributed by atoms with Gasteiger partial charge in [0.25, 0.3) is 0 Å². The molecule has 27 heavy (non-hydrogen) atoms. The van der Waals surface area contributed by atoms with E-state index in [4.69, 9.17) is 0 Å². The summed E-state index contributed by atoms with van der Waals surface area (Å²) in [5.74, 6) is -0.0395. The van der Waals surface area contributed by atoms with Crippen LogP contribution in [0.3, 0.4) is 0 Å². The van der Waals surface area contributed by atoms with E-state index in [1.807, 2.05) is 18.4 Å². The molecule has 0 unspecified atom stereocenters. The Balaban J connectivity index is 1.52. The van der Waals surface area contributed by atoms with Gasteiger partial charge in [-0.2, -0.15) is 4.31 Å². The summed E-state index contributed by atoms with van der Waals surface area (Å²) in [6.45, 7) is 1.43. The van der Waals surface area contributed by atoms with Crippen molar-refractivity contribution in [3.05, 3.63) is 35.9 Å². The number of sulfonamides is 1. The highest BCUT2D eigenvalue weighted by atomic mass is 32.2. The number of hydrogen-bond donors (Lipinski definition) is 1. The number of thioether (sulfide) groups is 1. The standard InChI is InChI=1S/C20H28N2O3S2/c1-26-18-7-9-19(10-8-18)27(24,25)22-13-11-17(12-14-22)20(23)21-15-16-5-3-2-4-6-16/h5,7-10,17H,2-4,6,11-15H2,1H3,(H,21,23). The zero-order chi connectivity index (χ0) is 19.3. The van der Waals surface area contributed by atoms with Gasteiger partial charge >= 0.3 is 0 Å². The fourth-order valence-electron chi connectivity index (χ4n) is 3.67. The van der Waals surface area contributed by atoms with Crippen molar-refractivity contribution in [2.75, 3.05) is 25.9 Å². The maximum Gasteiger partial charge on any atom is 0.243 e. The quantitative estimate of drug-likeness (QED) is 0.578. The molecule has 1 aromatic rings. The first-order valence-corrected chi connectivity index (χ1v) is 12.3. The van der Waals surface area contributed by atoms with Crippen LogP contribution >= 0.6 is 11.8 Å². The van der Waals surface area contributed by atoms with Crippen LogP contribution in [0, 0.1) is 5.92 Å². The summed E-state index contributed by atoms with van der Waals surface area (Å²) in [6.07, 6.45) is 9.98. The number of rotatable bonds is 6. The van der Waals surface area contributed by atoms with E-state index in [-0.39, 0.29) is 11.8 Å². The smallest absolute Gasteiger partial charge is 0.243 e. The number of allylic oxidation sites excluding steroid dienone is 1. The molecule has 0 radical (unpaired) electrons. The summed E-state index contributed by atoms with van der Waals surface area (Å²) < 4.78 is 27.1. The number of nitrogens with zero attached hydrogens (tertiary/aromatic N) is 1. The van der Waals surface area contributed by atoms with E-state index in [9.17, 15) is 13.2 Å². The van der Waals surface area contributed by atoms with Crippen molar-refractivity contribution in [3.8, 4) is 0 Å². The lowest BCUT2D eigenvalue weighted by atomic mass is 9.96. The van der Waals surface area contributed by atoms with Crippen LogP contribution < -0.4 is 5.32 Å². The molecule has 7 heteroatoms. The van der Waals surface area contributed by atoms with Crippen molar-refractivity contribution >= 4 is 27.7 Å². The van der Waals surface area contributed by atoms with Crippen molar-refractivity contribution in [2.24, 2.45) is 5.92 Å². The third kappa shape index (κ3) is 5.15. The van der Waals surface area contributed by atoms with E-state index < -0.39 is 10.0 Å². The van der Waals surface area contributed by atoms with Gasteiger partial charge in [-0.15, -0.1) is 11.8 Å². The predicted molar refractivity (Wildman–Crippen MR) is 109 cm³/mol. The number of benzene rings is 1. The summed E-state index contributed by atoms with van der Waals surface area (Å²) in [5.41, 5.74) is 1.32. The average molecular weight is 409 g/mol. The molecule has 0 saturated carbocycles. The van der Waals surface area contributed by atoms with Gasteiger partial charge in [0.1, 0.15) is 0 Å². The van der Waals surface area contributed by atoms with Gasteiger partial charge in [-0.05, 0) is 69.0 Å². The van der Waals surface area contributed by atoms with Crippen LogP contribution in [0.2, 0.25) is 0 Å². The zero-order valence-corrected chi connectivity index (χ0v) is 17.4. The Labute approximate surface area is 166 Å². The van der Waals surface area contributed by atoms with Crippen LogP contribution in [0.1, 0.15) is 38.5 Å². The molecule has 1 N–H and O–H groups in total. The summed E-state index contributed by atoms with van der Waals surface area (Å²) in [7, 11) is -3.48. The van der Waals surface area contributed by atoms with Crippen LogP contribution in [-0.2, 0) is 14.8 Å². The maximum atomic E-state index is 12.8. The molecule has 5 nitrogen and oxygen atoms in total. The molecule has 1 aromatic carbocycles. The van der Waals surface area contributed by atoms with E-state index >= 15 is 0 Å². The number of piperidine rings is 1. The number of hydrogen-bond acceptors (Lipinski definition) is 4. The predicted octanol–water partition coefficient (Wildman–Crippen LogP) is 3.43. The summed E-state index contributed by atoms with van der Waals surface area (Å²) in [6, 6.07) is 6.99. The normalized spacial score (nSPS) is 19.5. The molecule has 1 aliphatic heterocycles. The Morgan fingerprint density at radius 2 is 1.89 bits per heavy atom. The number of carbonyl (C=O) groups excluding carboxylic acids is 1. The Kier molecular flexibility index (Phi) is 7.00. The van der Waals surface area contributed by atoms with E-state index in [1.54, 1.807) is 23.9 Å². The van der Waals surface area contributed by atoms with E-state index in [1.165, 1.54) is 22.7 Å². The van der Waals surface area contributed by atoms with Gasteiger partial charge in [0.2, 0.25) is 15.9 Å². The monoisotopic (exact) mass is 408 g/mol. The topological polar surface area (TPSA) is 66.5 Å². The molecule has 0 bridgehead atoms. The Morgan fingerprint density at radius 3 is 2.48 bits per heavy atom. The highest BCUT2D eigenvalue weighted by Gasteiger charge is 2.32. The van der Waals surface area contributed by atoms with Crippen molar-refractivity contribution in [1.29, 1.82) is 0 Å². The molecule has 2 aliphatic rings. The third-order valence-electron chi connectivity index (χ3n) is 5.40. The lowest BCUT2D eigenvalue weighted by Gasteiger charge is -2.30. The summed E-state index contributed by atoms with van der Waals surface area (Å²) in [4.78, 5) is 13.8. The van der Waals surface area contributed by atoms with E-state index in [0.717, 1.165) is 17.7 Å². The second kappa shape index (κ2) is 9.26. The third-order valence-corrected chi connectivity index (χ3v) is 8.05. The average Bonchev–Trinajstić information content (AvgIpc) is 2.73. The van der Waals surface area contributed by atoms with Gasteiger partial charge in [-0.25, -0.2) is 8.42 Å². The molecule has 0 spiro atoms. The first-order chi connectivity index (χ1) is 13.0. The first kappa shape index (κ1) is 20.4. The van der Waals surface area contributed by atoms with E-state index in [2.05, 4.69) is 11.4 Å². The van der Waals surface area contributed by atoms with Crippen LogP contribution in [-0.4, -0.2) is 44.5 Å². The highest BCUT2D eigenvalue weighted by Crippen LogP contribution is 2.25. The molecule has 0 atom stereocenters. The number of amides is 1. The minimum atomic E-state index is -3.48. The zero-order valence-electron chi connectivity index (χ0n) is 15.8. The summed E-state index contributed by atoms with van der Waals surface area (Å²) >= 11 is 1.59. The number of nitrogens with one attached hydrogen (secondary N) is 1. The van der Waals surface area contributed by atoms with Gasteiger partial charge in [0.15, 0.2) is 0 Å². The maximum absolute atomic E-state index is 12.8. The fraction of sp³-hybridized carbons (Fsp3) is 0.550. The van der Waals surface area contributed by atoms with Crippen LogP contribution in [0.15, 0.2) is 45.7 Å². The molecule has 1 heterocycles. The summed E-state index contributed by atoms with van der Waals surface area (Å²) in [5, 5.41) is 3.04. The molecule has 148 valence electrons. The molecule has 1 aliphatic carbocycles. The van der Waals surface area contributed by atoms with E-state index in [0.29, 0.717) is 37.4 Å². The van der Waals surface area contributed by atoms with Gasteiger partial charge in [-0.1, -0.05) is 11.6 Å². The molecule has 1 saturated heterocycles. The lowest BCUT2D eigenvalue weighted by Crippen LogP contribution is -2.43. The van der Waals surface area contributed by atoms with Gasteiger partial charge in [-0.3, -0.25) is 4.79 Å². The van der Waals surface area contributed by atoms with Crippen LogP contribution in [0.5, 0.6) is 0 Å². The largest absolute Gasteiger partial charge is 0.352 e. The lowest BCUT2D eigenvalue weighted by molar-refractivity contribution is -0.125. The Hall–Kier alpha value is -1.31.